The van der Waals surface area contributed by atoms with E-state index in [0.29, 0.717) is 0 Å². The molecule has 0 aromatic rings. The highest BCUT2D eigenvalue weighted by Gasteiger charge is 2.09. The molecule has 0 bridgehead atoms. The highest BCUT2D eigenvalue weighted by atomic mass is 28.1. The van der Waals surface area contributed by atoms with Gasteiger partial charge in [-0.1, -0.05) is 34.6 Å². The van der Waals surface area contributed by atoms with Crippen molar-refractivity contribution in [3.63, 3.8) is 0 Å². The van der Waals surface area contributed by atoms with E-state index < -0.39 is 0 Å². The first-order chi connectivity index (χ1) is 3.55. The molecule has 0 radical (unpaired) electrons. The summed E-state index contributed by atoms with van der Waals surface area (Å²) in [5, 5.41) is 0. The van der Waals surface area contributed by atoms with Crippen LogP contribution in [0.1, 0.15) is 34.6 Å². The summed E-state index contributed by atoms with van der Waals surface area (Å²) in [6.07, 6.45) is 0. The summed E-state index contributed by atoms with van der Waals surface area (Å²) < 4.78 is 0. The average Bonchev–Trinajstić information content (AvgIpc) is 1.64. The van der Waals surface area contributed by atoms with Crippen LogP contribution in [0.3, 0.4) is 0 Å². The van der Waals surface area contributed by atoms with Gasteiger partial charge in [0.25, 0.3) is 0 Å². The monoisotopic (exact) mass is 146 g/mol. The zero-order valence-corrected chi connectivity index (χ0v) is 6.73. The van der Waals surface area contributed by atoms with Crippen molar-refractivity contribution in [1.82, 2.24) is 0 Å². The molecule has 0 fully saturated rings. The number of hydrogen-bond donors (Lipinski definition) is 0. The van der Waals surface area contributed by atoms with Crippen molar-refractivity contribution in [2.45, 2.75) is 34.6 Å². The van der Waals surface area contributed by atoms with E-state index >= 15 is 0 Å². The van der Waals surface area contributed by atoms with Crippen molar-refractivity contribution >= 4 is 11.0 Å². The topological polar surface area (TPSA) is 0 Å². The molecule has 0 amide bonds. The van der Waals surface area contributed by atoms with Gasteiger partial charge in [0.1, 0.15) is 0 Å². The fourth-order valence-electron chi connectivity index (χ4n) is 0.770. The van der Waals surface area contributed by atoms with Crippen molar-refractivity contribution in [1.29, 1.82) is 0 Å². The van der Waals surface area contributed by atoms with E-state index in [-0.39, 0.29) is 11.0 Å². The molecule has 0 aliphatic rings. The van der Waals surface area contributed by atoms with Gasteiger partial charge in [-0.15, -0.1) is 0 Å². The first-order valence-electron chi connectivity index (χ1n) is 3.55. The van der Waals surface area contributed by atoms with Gasteiger partial charge in [-0.3, -0.25) is 0 Å². The summed E-state index contributed by atoms with van der Waals surface area (Å²) in [7, 11) is 0. The zero-order chi connectivity index (χ0) is 6.73. The van der Waals surface area contributed by atoms with Crippen molar-refractivity contribution in [3.05, 3.63) is 0 Å². The molecule has 0 N–H and O–H groups in total. The van der Waals surface area contributed by atoms with Crippen LogP contribution >= 0.6 is 0 Å². The van der Waals surface area contributed by atoms with E-state index in [2.05, 4.69) is 34.6 Å². The third-order valence-electron chi connectivity index (χ3n) is 2.10. The van der Waals surface area contributed by atoms with E-state index in [9.17, 15) is 0 Å². The first-order valence-corrected chi connectivity index (χ1v) is 3.55. The van der Waals surface area contributed by atoms with Crippen LogP contribution in [0, 0.1) is 17.8 Å². The molecular formula is C8H22Si. The van der Waals surface area contributed by atoms with E-state index in [1.807, 2.05) is 0 Å². The Bertz CT molecular complexity index is 49.6. The molecule has 0 aliphatic heterocycles. The number of rotatable bonds is 2. The van der Waals surface area contributed by atoms with Gasteiger partial charge in [0, 0.05) is 0 Å². The van der Waals surface area contributed by atoms with Crippen LogP contribution < -0.4 is 0 Å². The predicted octanol–water partition coefficient (Wildman–Crippen LogP) is 1.48. The summed E-state index contributed by atoms with van der Waals surface area (Å²) in [5.74, 6) is 2.56. The molecule has 0 saturated heterocycles. The van der Waals surface area contributed by atoms with Crippen molar-refractivity contribution < 1.29 is 0 Å². The molecule has 0 spiro atoms. The highest BCUT2D eigenvalue weighted by Crippen LogP contribution is 2.18. The predicted molar refractivity (Wildman–Crippen MR) is 50.2 cm³/mol. The molecule has 0 heterocycles. The molecule has 1 heteroatoms. The average molecular weight is 146 g/mol. The fraction of sp³-hybridized carbons (Fsp3) is 1.00. The zero-order valence-electron chi connectivity index (χ0n) is 6.73. The second kappa shape index (κ2) is 5.04. The summed E-state index contributed by atoms with van der Waals surface area (Å²) in [4.78, 5) is 0. The third kappa shape index (κ3) is 4.70. The van der Waals surface area contributed by atoms with Crippen LogP contribution in [-0.2, 0) is 0 Å². The van der Waals surface area contributed by atoms with Gasteiger partial charge in [0.05, 0.1) is 0 Å². The Kier molecular flexibility index (Phi) is 6.69. The van der Waals surface area contributed by atoms with Gasteiger partial charge in [0.2, 0.25) is 0 Å². The summed E-state index contributed by atoms with van der Waals surface area (Å²) in [6.45, 7) is 11.4. The van der Waals surface area contributed by atoms with Crippen LogP contribution in [0.15, 0.2) is 0 Å². The third-order valence-corrected chi connectivity index (χ3v) is 2.10. The molecular weight excluding hydrogens is 124 g/mol. The molecule has 0 saturated carbocycles. The molecule has 58 valence electrons. The van der Waals surface area contributed by atoms with Crippen LogP contribution in [0.5, 0.6) is 0 Å². The largest absolute Gasteiger partial charge is 0.0625 e. The van der Waals surface area contributed by atoms with Crippen LogP contribution in [-0.4, -0.2) is 11.0 Å². The molecule has 0 aromatic heterocycles. The standard InChI is InChI=1S/C8H18.H4Si/c1-6(2)8(5)7(3)4;/h6-8H,1-5H3;1H4. The lowest BCUT2D eigenvalue weighted by Gasteiger charge is -2.18. The maximum atomic E-state index is 2.31. The minimum Gasteiger partial charge on any atom is -0.0625 e. The quantitative estimate of drug-likeness (QED) is 0.518. The second-order valence-electron chi connectivity index (χ2n) is 3.35. The summed E-state index contributed by atoms with van der Waals surface area (Å²) in [6, 6.07) is 0. The Balaban J connectivity index is 0. The van der Waals surface area contributed by atoms with Crippen molar-refractivity contribution in [2.75, 3.05) is 0 Å². The Morgan fingerprint density at radius 2 is 0.889 bits per heavy atom. The number of hydrogen-bond acceptors (Lipinski definition) is 0. The van der Waals surface area contributed by atoms with Crippen molar-refractivity contribution in [2.24, 2.45) is 17.8 Å². The van der Waals surface area contributed by atoms with Gasteiger partial charge in [0.15, 0.2) is 0 Å². The molecule has 0 nitrogen and oxygen atoms in total. The Labute approximate surface area is 64.1 Å². The Hall–Kier alpha value is 0.217. The SMILES string of the molecule is CC(C)C(C)C(C)C.[SiH4]. The minimum atomic E-state index is 0. The first kappa shape index (κ1) is 11.9. The maximum Gasteiger partial charge on any atom is -0.0149 e. The smallest absolute Gasteiger partial charge is 0.0149 e. The molecule has 0 aromatic carbocycles. The normalized spacial score (nSPS) is 10.7. The van der Waals surface area contributed by atoms with E-state index in [4.69, 9.17) is 0 Å². The van der Waals surface area contributed by atoms with Gasteiger partial charge in [-0.2, -0.15) is 0 Å². The lowest BCUT2D eigenvalue weighted by molar-refractivity contribution is 0.316. The lowest BCUT2D eigenvalue weighted by Crippen LogP contribution is -2.10. The molecule has 9 heavy (non-hydrogen) atoms. The second-order valence-corrected chi connectivity index (χ2v) is 3.35. The van der Waals surface area contributed by atoms with Crippen molar-refractivity contribution in [3.8, 4) is 0 Å². The van der Waals surface area contributed by atoms with E-state index in [1.54, 1.807) is 0 Å². The molecule has 0 atom stereocenters. The Morgan fingerprint density at radius 3 is 0.889 bits per heavy atom. The van der Waals surface area contributed by atoms with Crippen LogP contribution in [0.25, 0.3) is 0 Å². The molecule has 0 aliphatic carbocycles. The van der Waals surface area contributed by atoms with E-state index in [0.717, 1.165) is 17.8 Å². The molecule has 0 rings (SSSR count). The van der Waals surface area contributed by atoms with Crippen LogP contribution in [0.4, 0.5) is 0 Å². The Morgan fingerprint density at radius 1 is 0.667 bits per heavy atom. The van der Waals surface area contributed by atoms with Gasteiger partial charge < -0.3 is 0 Å². The highest BCUT2D eigenvalue weighted by molar-refractivity contribution is 5.75. The van der Waals surface area contributed by atoms with E-state index in [1.165, 1.54) is 0 Å². The van der Waals surface area contributed by atoms with Gasteiger partial charge >= 0.3 is 0 Å². The summed E-state index contributed by atoms with van der Waals surface area (Å²) >= 11 is 0. The van der Waals surface area contributed by atoms with Gasteiger partial charge in [-0.05, 0) is 28.7 Å². The fourth-order valence-corrected chi connectivity index (χ4v) is 0.770. The molecule has 0 unspecified atom stereocenters. The maximum absolute atomic E-state index is 2.31. The summed E-state index contributed by atoms with van der Waals surface area (Å²) in [5.41, 5.74) is 0. The van der Waals surface area contributed by atoms with Gasteiger partial charge in [-0.25, -0.2) is 0 Å². The lowest BCUT2D eigenvalue weighted by atomic mass is 9.88. The van der Waals surface area contributed by atoms with Crippen LogP contribution in [0.2, 0.25) is 0 Å². The minimum absolute atomic E-state index is 0.